The molecule has 0 aliphatic heterocycles. The molecule has 118 valence electrons. The Kier molecular flexibility index (Phi) is 4.70. The Morgan fingerprint density at radius 2 is 2.00 bits per heavy atom. The minimum Gasteiger partial charge on any atom is -0.426 e. The van der Waals surface area contributed by atoms with E-state index in [9.17, 15) is 22.8 Å². The highest BCUT2D eigenvalue weighted by atomic mass is 32.1. The van der Waals surface area contributed by atoms with Crippen LogP contribution in [-0.2, 0) is 17.5 Å². The van der Waals surface area contributed by atoms with Crippen LogP contribution in [0.3, 0.4) is 0 Å². The molecule has 0 aliphatic carbocycles. The SMILES string of the molecule is Cc1csc(=O)n1CCC(=O)Oc1ccccc1C(F)(F)F. The molecule has 0 N–H and O–H groups in total. The molecule has 0 saturated carbocycles. The van der Waals surface area contributed by atoms with E-state index < -0.39 is 23.5 Å². The number of aryl methyl sites for hydroxylation is 1. The number of benzene rings is 1. The molecule has 0 radical (unpaired) electrons. The van der Waals surface area contributed by atoms with Gasteiger partial charge in [-0.25, -0.2) is 0 Å². The number of alkyl halides is 3. The summed E-state index contributed by atoms with van der Waals surface area (Å²) >= 11 is 0.999. The molecule has 0 unspecified atom stereocenters. The Morgan fingerprint density at radius 1 is 1.32 bits per heavy atom. The lowest BCUT2D eigenvalue weighted by atomic mass is 10.2. The molecular formula is C14H12F3NO3S. The number of rotatable bonds is 4. The van der Waals surface area contributed by atoms with E-state index in [0.29, 0.717) is 5.69 Å². The number of carbonyl (C=O) groups excluding carboxylic acids is 1. The summed E-state index contributed by atoms with van der Waals surface area (Å²) in [4.78, 5) is 23.0. The van der Waals surface area contributed by atoms with Gasteiger partial charge in [0, 0.05) is 17.6 Å². The van der Waals surface area contributed by atoms with Gasteiger partial charge < -0.3 is 9.30 Å². The zero-order valence-electron chi connectivity index (χ0n) is 11.5. The summed E-state index contributed by atoms with van der Waals surface area (Å²) in [6.45, 7) is 1.78. The Bertz CT molecular complexity index is 733. The van der Waals surface area contributed by atoms with Gasteiger partial charge in [-0.2, -0.15) is 13.2 Å². The maximum atomic E-state index is 12.8. The smallest absolute Gasteiger partial charge is 0.419 e. The van der Waals surface area contributed by atoms with Gasteiger partial charge in [-0.3, -0.25) is 9.59 Å². The summed E-state index contributed by atoms with van der Waals surface area (Å²) in [6, 6.07) is 4.50. The highest BCUT2D eigenvalue weighted by Crippen LogP contribution is 2.35. The standard InChI is InChI=1S/C14H12F3NO3S/c1-9-8-22-13(20)18(9)7-6-12(19)21-11-5-3-2-4-10(11)14(15,16)17/h2-5,8H,6-7H2,1H3. The maximum Gasteiger partial charge on any atom is 0.419 e. The van der Waals surface area contributed by atoms with Gasteiger partial charge in [-0.05, 0) is 19.1 Å². The molecule has 8 heteroatoms. The number of carbonyl (C=O) groups is 1. The molecule has 0 fully saturated rings. The first-order chi connectivity index (χ1) is 10.3. The number of ether oxygens (including phenoxy) is 1. The Labute approximate surface area is 127 Å². The molecule has 0 aliphatic rings. The number of hydrogen-bond acceptors (Lipinski definition) is 4. The second-order valence-electron chi connectivity index (χ2n) is 4.51. The first-order valence-corrected chi connectivity index (χ1v) is 7.19. The minimum absolute atomic E-state index is 0.0706. The van der Waals surface area contributed by atoms with Gasteiger partial charge in [0.05, 0.1) is 12.0 Å². The second-order valence-corrected chi connectivity index (χ2v) is 5.33. The molecule has 0 atom stereocenters. The summed E-state index contributed by atoms with van der Waals surface area (Å²) in [7, 11) is 0. The normalized spacial score (nSPS) is 11.5. The maximum absolute atomic E-state index is 12.8. The van der Waals surface area contributed by atoms with Crippen molar-refractivity contribution in [1.29, 1.82) is 0 Å². The van der Waals surface area contributed by atoms with Crippen LogP contribution < -0.4 is 9.61 Å². The van der Waals surface area contributed by atoms with E-state index in [2.05, 4.69) is 0 Å². The monoisotopic (exact) mass is 331 g/mol. The molecule has 0 bridgehead atoms. The van der Waals surface area contributed by atoms with E-state index in [1.54, 1.807) is 12.3 Å². The van der Waals surface area contributed by atoms with Crippen LogP contribution >= 0.6 is 11.3 Å². The predicted octanol–water partition coefficient (Wildman–Crippen LogP) is 3.23. The lowest BCUT2D eigenvalue weighted by molar-refractivity contribution is -0.142. The van der Waals surface area contributed by atoms with Crippen molar-refractivity contribution in [3.05, 3.63) is 50.6 Å². The predicted molar refractivity (Wildman–Crippen MR) is 75.0 cm³/mol. The molecule has 1 aromatic heterocycles. The van der Waals surface area contributed by atoms with Crippen molar-refractivity contribution < 1.29 is 22.7 Å². The highest BCUT2D eigenvalue weighted by Gasteiger charge is 2.34. The summed E-state index contributed by atoms with van der Waals surface area (Å²) in [5, 5.41) is 1.65. The number of aromatic nitrogens is 1. The number of esters is 1. The quantitative estimate of drug-likeness (QED) is 0.638. The van der Waals surface area contributed by atoms with E-state index in [4.69, 9.17) is 4.74 Å². The van der Waals surface area contributed by atoms with Gasteiger partial charge >= 0.3 is 17.0 Å². The van der Waals surface area contributed by atoms with Crippen molar-refractivity contribution in [2.24, 2.45) is 0 Å². The van der Waals surface area contributed by atoms with Crippen molar-refractivity contribution in [3.63, 3.8) is 0 Å². The van der Waals surface area contributed by atoms with E-state index >= 15 is 0 Å². The van der Waals surface area contributed by atoms with Crippen LogP contribution in [0.25, 0.3) is 0 Å². The first kappa shape index (κ1) is 16.3. The van der Waals surface area contributed by atoms with E-state index in [1.165, 1.54) is 16.7 Å². The summed E-state index contributed by atoms with van der Waals surface area (Å²) in [6.07, 6.45) is -4.79. The third-order valence-electron chi connectivity index (χ3n) is 2.93. The summed E-state index contributed by atoms with van der Waals surface area (Å²) in [5.74, 6) is -1.36. The van der Waals surface area contributed by atoms with Crippen molar-refractivity contribution in [3.8, 4) is 5.75 Å². The van der Waals surface area contributed by atoms with Gasteiger partial charge in [0.25, 0.3) is 0 Å². The van der Waals surface area contributed by atoms with Crippen LogP contribution in [0.15, 0.2) is 34.4 Å². The van der Waals surface area contributed by atoms with Gasteiger partial charge in [0.1, 0.15) is 5.75 Å². The molecule has 1 aromatic carbocycles. The van der Waals surface area contributed by atoms with Gasteiger partial charge in [0.2, 0.25) is 0 Å². The molecule has 4 nitrogen and oxygen atoms in total. The fourth-order valence-electron chi connectivity index (χ4n) is 1.84. The average molecular weight is 331 g/mol. The van der Waals surface area contributed by atoms with Gasteiger partial charge in [-0.15, -0.1) is 0 Å². The van der Waals surface area contributed by atoms with Crippen LogP contribution in [-0.4, -0.2) is 10.5 Å². The van der Waals surface area contributed by atoms with Gasteiger partial charge in [-0.1, -0.05) is 23.5 Å². The highest BCUT2D eigenvalue weighted by molar-refractivity contribution is 7.07. The summed E-state index contributed by atoms with van der Waals surface area (Å²) < 4.78 is 44.5. The van der Waals surface area contributed by atoms with E-state index in [0.717, 1.165) is 23.5 Å². The largest absolute Gasteiger partial charge is 0.426 e. The number of thiazole rings is 1. The fraction of sp³-hybridized carbons (Fsp3) is 0.286. The zero-order chi connectivity index (χ0) is 16.3. The lowest BCUT2D eigenvalue weighted by Crippen LogP contribution is -2.20. The molecule has 0 saturated heterocycles. The van der Waals surface area contributed by atoms with Crippen molar-refractivity contribution in [2.45, 2.75) is 26.1 Å². The molecular weight excluding hydrogens is 319 g/mol. The average Bonchev–Trinajstić information content (AvgIpc) is 2.75. The van der Waals surface area contributed by atoms with Crippen LogP contribution in [0.2, 0.25) is 0 Å². The van der Waals surface area contributed by atoms with Crippen LogP contribution in [0.5, 0.6) is 5.75 Å². The Hall–Kier alpha value is -2.09. The number of halogens is 3. The Balaban J connectivity index is 2.06. The topological polar surface area (TPSA) is 48.3 Å². The van der Waals surface area contributed by atoms with Crippen molar-refractivity contribution in [1.82, 2.24) is 4.57 Å². The molecule has 1 heterocycles. The molecule has 2 rings (SSSR count). The minimum atomic E-state index is -4.60. The van der Waals surface area contributed by atoms with Crippen molar-refractivity contribution >= 4 is 17.3 Å². The van der Waals surface area contributed by atoms with Gasteiger partial charge in [0.15, 0.2) is 0 Å². The molecule has 2 aromatic rings. The van der Waals surface area contributed by atoms with Crippen LogP contribution in [0.1, 0.15) is 17.7 Å². The molecule has 0 spiro atoms. The molecule has 0 amide bonds. The summed E-state index contributed by atoms with van der Waals surface area (Å²) in [5.41, 5.74) is -0.314. The van der Waals surface area contributed by atoms with E-state index in [-0.39, 0.29) is 17.8 Å². The van der Waals surface area contributed by atoms with Crippen LogP contribution in [0.4, 0.5) is 13.2 Å². The zero-order valence-corrected chi connectivity index (χ0v) is 12.3. The third kappa shape index (κ3) is 3.76. The van der Waals surface area contributed by atoms with E-state index in [1.807, 2.05) is 0 Å². The van der Waals surface area contributed by atoms with Crippen molar-refractivity contribution in [2.75, 3.05) is 0 Å². The second kappa shape index (κ2) is 6.35. The lowest BCUT2D eigenvalue weighted by Gasteiger charge is -2.12. The number of nitrogens with zero attached hydrogens (tertiary/aromatic N) is 1. The fourth-order valence-corrected chi connectivity index (χ4v) is 2.60. The van der Waals surface area contributed by atoms with Crippen LogP contribution in [0, 0.1) is 6.92 Å². The number of hydrogen-bond donors (Lipinski definition) is 0. The first-order valence-electron chi connectivity index (χ1n) is 6.31. The Morgan fingerprint density at radius 3 is 2.59 bits per heavy atom. The number of para-hydroxylation sites is 1. The third-order valence-corrected chi connectivity index (χ3v) is 3.81. The molecule has 22 heavy (non-hydrogen) atoms.